The van der Waals surface area contributed by atoms with Crippen molar-refractivity contribution < 1.29 is 4.79 Å². The highest BCUT2D eigenvalue weighted by Gasteiger charge is 2.34. The fourth-order valence-corrected chi connectivity index (χ4v) is 5.11. The Morgan fingerprint density at radius 3 is 2.49 bits per heavy atom. The van der Waals surface area contributed by atoms with Crippen LogP contribution in [0.5, 0.6) is 0 Å². The number of aryl methyl sites for hydroxylation is 1. The zero-order chi connectivity index (χ0) is 24.4. The van der Waals surface area contributed by atoms with Crippen molar-refractivity contribution in [1.29, 1.82) is 0 Å². The number of nitrogens with one attached hydrogen (secondary N) is 2. The number of fused-ring (bicyclic) bond motifs is 1. The SMILES string of the molecule is CC1=C(C(=O)Nc2ccccc2C)C(c2ccc(Br)cc2)n2nc(SCc3ccccc3)nc2N1. The van der Waals surface area contributed by atoms with Gasteiger partial charge in [-0.1, -0.05) is 88.4 Å². The van der Waals surface area contributed by atoms with Crippen LogP contribution in [0.1, 0.15) is 29.7 Å². The predicted molar refractivity (Wildman–Crippen MR) is 144 cm³/mol. The van der Waals surface area contributed by atoms with Crippen molar-refractivity contribution in [2.45, 2.75) is 30.8 Å². The average molecular weight is 546 g/mol. The topological polar surface area (TPSA) is 71.8 Å². The van der Waals surface area contributed by atoms with E-state index in [1.54, 1.807) is 11.8 Å². The van der Waals surface area contributed by atoms with Crippen LogP contribution < -0.4 is 10.6 Å². The predicted octanol–water partition coefficient (Wildman–Crippen LogP) is 6.57. The number of halogens is 1. The van der Waals surface area contributed by atoms with E-state index >= 15 is 0 Å². The molecule has 2 heterocycles. The Morgan fingerprint density at radius 1 is 1.03 bits per heavy atom. The van der Waals surface area contributed by atoms with Crippen LogP contribution in [0.4, 0.5) is 11.6 Å². The number of hydrogen-bond acceptors (Lipinski definition) is 5. The van der Waals surface area contributed by atoms with Crippen molar-refractivity contribution in [2.24, 2.45) is 0 Å². The van der Waals surface area contributed by atoms with Gasteiger partial charge in [0.25, 0.3) is 5.91 Å². The number of nitrogens with zero attached hydrogens (tertiary/aromatic N) is 3. The summed E-state index contributed by atoms with van der Waals surface area (Å²) in [6.07, 6.45) is 0. The van der Waals surface area contributed by atoms with Gasteiger partial charge in [0, 0.05) is 21.6 Å². The molecule has 176 valence electrons. The van der Waals surface area contributed by atoms with E-state index < -0.39 is 6.04 Å². The molecule has 1 aliphatic rings. The Bertz CT molecular complexity index is 1400. The molecule has 8 heteroatoms. The number of hydrogen-bond donors (Lipinski definition) is 2. The summed E-state index contributed by atoms with van der Waals surface area (Å²) < 4.78 is 2.79. The van der Waals surface area contributed by atoms with Crippen molar-refractivity contribution in [2.75, 3.05) is 10.6 Å². The Hall–Kier alpha value is -3.36. The van der Waals surface area contributed by atoms with E-state index in [0.717, 1.165) is 32.7 Å². The monoisotopic (exact) mass is 545 g/mol. The highest BCUT2D eigenvalue weighted by Crippen LogP contribution is 2.37. The van der Waals surface area contributed by atoms with Crippen LogP contribution in [0.2, 0.25) is 0 Å². The molecule has 0 saturated carbocycles. The van der Waals surface area contributed by atoms with Gasteiger partial charge < -0.3 is 10.6 Å². The van der Waals surface area contributed by atoms with Gasteiger partial charge in [0.05, 0.1) is 5.57 Å². The minimum absolute atomic E-state index is 0.170. The first-order chi connectivity index (χ1) is 17.0. The van der Waals surface area contributed by atoms with Gasteiger partial charge in [0.2, 0.25) is 11.1 Å². The molecular weight excluding hydrogens is 522 g/mol. The fraction of sp³-hybridized carbons (Fsp3) is 0.148. The second-order valence-electron chi connectivity index (χ2n) is 8.32. The second kappa shape index (κ2) is 10.1. The maximum absolute atomic E-state index is 13.6. The van der Waals surface area contributed by atoms with Crippen LogP contribution in [0, 0.1) is 6.92 Å². The van der Waals surface area contributed by atoms with Crippen LogP contribution in [0.3, 0.4) is 0 Å². The van der Waals surface area contributed by atoms with Crippen LogP contribution in [0.15, 0.2) is 99.8 Å². The zero-order valence-corrected chi connectivity index (χ0v) is 21.7. The third-order valence-corrected chi connectivity index (χ3v) is 7.31. The number of anilines is 2. The summed E-state index contributed by atoms with van der Waals surface area (Å²) in [6, 6.07) is 25.6. The minimum Gasteiger partial charge on any atom is -0.328 e. The van der Waals surface area contributed by atoms with E-state index in [0.29, 0.717) is 16.7 Å². The first-order valence-electron chi connectivity index (χ1n) is 11.2. The highest BCUT2D eigenvalue weighted by atomic mass is 79.9. The number of aromatic nitrogens is 3. The van der Waals surface area contributed by atoms with Gasteiger partial charge in [-0.2, -0.15) is 4.98 Å². The van der Waals surface area contributed by atoms with Crippen molar-refractivity contribution in [3.63, 3.8) is 0 Å². The van der Waals surface area contributed by atoms with Gasteiger partial charge in [-0.25, -0.2) is 4.68 Å². The summed E-state index contributed by atoms with van der Waals surface area (Å²) in [6.45, 7) is 3.89. The molecule has 1 atom stereocenters. The first kappa shape index (κ1) is 23.4. The Morgan fingerprint density at radius 2 is 1.74 bits per heavy atom. The molecule has 5 rings (SSSR count). The maximum atomic E-state index is 13.6. The van der Waals surface area contributed by atoms with Crippen LogP contribution >= 0.6 is 27.7 Å². The van der Waals surface area contributed by atoms with Gasteiger partial charge in [-0.15, -0.1) is 5.10 Å². The molecule has 0 spiro atoms. The average Bonchev–Trinajstić information content (AvgIpc) is 3.27. The Labute approximate surface area is 217 Å². The number of allylic oxidation sites excluding steroid dienone is 1. The lowest BCUT2D eigenvalue weighted by atomic mass is 9.95. The van der Waals surface area contributed by atoms with E-state index in [4.69, 9.17) is 10.1 Å². The Kier molecular flexibility index (Phi) is 6.74. The number of benzene rings is 3. The van der Waals surface area contributed by atoms with E-state index in [1.807, 2.05) is 85.3 Å². The number of carbonyl (C=O) groups excluding carboxylic acids is 1. The van der Waals surface area contributed by atoms with E-state index in [-0.39, 0.29) is 5.91 Å². The third kappa shape index (κ3) is 5.04. The van der Waals surface area contributed by atoms with Crippen molar-refractivity contribution in [3.8, 4) is 0 Å². The van der Waals surface area contributed by atoms with Gasteiger partial charge >= 0.3 is 0 Å². The van der Waals surface area contributed by atoms with Gasteiger partial charge in [0.15, 0.2) is 0 Å². The molecule has 1 aromatic heterocycles. The number of carbonyl (C=O) groups is 1. The first-order valence-corrected chi connectivity index (χ1v) is 13.0. The molecule has 0 radical (unpaired) electrons. The number of amides is 1. The van der Waals surface area contributed by atoms with Crippen LogP contribution in [-0.2, 0) is 10.5 Å². The summed E-state index contributed by atoms with van der Waals surface area (Å²) in [7, 11) is 0. The van der Waals surface area contributed by atoms with E-state index in [9.17, 15) is 4.79 Å². The lowest BCUT2D eigenvalue weighted by molar-refractivity contribution is -0.113. The fourth-order valence-electron chi connectivity index (χ4n) is 4.06. The molecule has 2 N–H and O–H groups in total. The molecule has 4 aromatic rings. The molecule has 0 bridgehead atoms. The summed E-state index contributed by atoms with van der Waals surface area (Å²) in [4.78, 5) is 18.4. The lowest BCUT2D eigenvalue weighted by Gasteiger charge is -2.28. The number of rotatable bonds is 6. The van der Waals surface area contributed by atoms with Gasteiger partial charge in [-0.3, -0.25) is 4.79 Å². The normalized spacial score (nSPS) is 14.9. The molecule has 1 amide bonds. The summed E-state index contributed by atoms with van der Waals surface area (Å²) >= 11 is 5.09. The largest absolute Gasteiger partial charge is 0.328 e. The van der Waals surface area contributed by atoms with Crippen molar-refractivity contribution >= 4 is 45.2 Å². The minimum atomic E-state index is -0.415. The zero-order valence-electron chi connectivity index (χ0n) is 19.3. The molecule has 0 fully saturated rings. The summed E-state index contributed by atoms with van der Waals surface area (Å²) in [5.41, 5.74) is 5.31. The Balaban J connectivity index is 1.50. The quantitative estimate of drug-likeness (QED) is 0.268. The highest BCUT2D eigenvalue weighted by molar-refractivity contribution is 9.10. The smallest absolute Gasteiger partial charge is 0.255 e. The van der Waals surface area contributed by atoms with E-state index in [2.05, 4.69) is 38.7 Å². The second-order valence-corrected chi connectivity index (χ2v) is 10.2. The van der Waals surface area contributed by atoms with E-state index in [1.165, 1.54) is 5.56 Å². The van der Waals surface area contributed by atoms with Crippen molar-refractivity contribution in [3.05, 3.63) is 111 Å². The third-order valence-electron chi connectivity index (χ3n) is 5.87. The molecule has 0 saturated heterocycles. The molecule has 0 aliphatic carbocycles. The standard InChI is InChI=1S/C27H24BrN5OS/c1-17-8-6-7-11-22(17)30-25(34)23-18(2)29-26-31-27(35-16-19-9-4-3-5-10-19)32-33(26)24(23)20-12-14-21(28)15-13-20/h3-15,24H,16H2,1-2H3,(H,30,34)(H,29,31,32). The molecule has 35 heavy (non-hydrogen) atoms. The number of thioether (sulfide) groups is 1. The molecular formula is C27H24BrN5OS. The molecule has 6 nitrogen and oxygen atoms in total. The lowest BCUT2D eigenvalue weighted by Crippen LogP contribution is -2.31. The summed E-state index contributed by atoms with van der Waals surface area (Å²) in [5.74, 6) is 1.22. The molecule has 3 aromatic carbocycles. The molecule has 1 aliphatic heterocycles. The van der Waals surface area contributed by atoms with Crippen LogP contribution in [0.25, 0.3) is 0 Å². The van der Waals surface area contributed by atoms with Crippen LogP contribution in [-0.4, -0.2) is 20.7 Å². The van der Waals surface area contributed by atoms with Gasteiger partial charge in [0.1, 0.15) is 6.04 Å². The summed E-state index contributed by atoms with van der Waals surface area (Å²) in [5, 5.41) is 11.9. The van der Waals surface area contributed by atoms with Crippen molar-refractivity contribution in [1.82, 2.24) is 14.8 Å². The van der Waals surface area contributed by atoms with Gasteiger partial charge in [-0.05, 0) is 48.7 Å². The maximum Gasteiger partial charge on any atom is 0.255 e. The molecule has 1 unspecified atom stereocenters. The number of para-hydroxylation sites is 1.